The fraction of sp³-hybridized carbons (Fsp3) is 0.250. The molecule has 0 amide bonds. The Bertz CT molecular complexity index is 373. The first-order chi connectivity index (χ1) is 6.13. The third kappa shape index (κ3) is 2.69. The van der Waals surface area contributed by atoms with Crippen molar-refractivity contribution in [3.8, 4) is 0 Å². The molecule has 0 spiro atoms. The van der Waals surface area contributed by atoms with Crippen LogP contribution in [0, 0.1) is 5.41 Å². The van der Waals surface area contributed by atoms with Crippen LogP contribution in [0.4, 0.5) is 0 Å². The zero-order chi connectivity index (χ0) is 9.84. The lowest BCUT2D eigenvalue weighted by atomic mass is 10.4. The Morgan fingerprint density at radius 3 is 3.00 bits per heavy atom. The first-order valence-electron chi connectivity index (χ1n) is 3.61. The van der Waals surface area contributed by atoms with Gasteiger partial charge in [0.05, 0.1) is 7.11 Å². The molecule has 0 fully saturated rings. The highest BCUT2D eigenvalue weighted by Crippen LogP contribution is 2.04. The van der Waals surface area contributed by atoms with Gasteiger partial charge in [-0.2, -0.15) is 0 Å². The number of aromatic nitrogens is 1. The zero-order valence-corrected chi connectivity index (χ0v) is 8.67. The summed E-state index contributed by atoms with van der Waals surface area (Å²) >= 11 is 3.25. The average Bonchev–Trinajstić information content (AvgIpc) is 2.11. The number of esters is 1. The van der Waals surface area contributed by atoms with Crippen molar-refractivity contribution in [3.05, 3.63) is 28.3 Å². The molecular weight excluding hydrogens is 236 g/mol. The van der Waals surface area contributed by atoms with Gasteiger partial charge < -0.3 is 9.30 Å². The fourth-order valence-electron chi connectivity index (χ4n) is 0.850. The molecule has 0 atom stereocenters. The Morgan fingerprint density at radius 1 is 1.69 bits per heavy atom. The lowest BCUT2D eigenvalue weighted by Gasteiger charge is -2.04. The molecule has 0 aliphatic heterocycles. The quantitative estimate of drug-likeness (QED) is 0.787. The first kappa shape index (κ1) is 9.98. The molecule has 1 aromatic heterocycles. The predicted octanol–water partition coefficient (Wildman–Crippen LogP) is 0.903. The molecule has 0 radical (unpaired) electrons. The number of hydrogen-bond donors (Lipinski definition) is 1. The minimum absolute atomic E-state index is 0.0643. The molecule has 0 aromatic carbocycles. The van der Waals surface area contributed by atoms with Gasteiger partial charge >= 0.3 is 5.97 Å². The molecule has 1 aromatic rings. The number of rotatable bonds is 2. The molecule has 13 heavy (non-hydrogen) atoms. The van der Waals surface area contributed by atoms with Crippen LogP contribution >= 0.6 is 15.9 Å². The number of halogens is 1. The van der Waals surface area contributed by atoms with Crippen LogP contribution in [0.15, 0.2) is 22.8 Å². The number of carbonyl (C=O) groups is 1. The maximum absolute atomic E-state index is 10.9. The molecule has 70 valence electrons. The van der Waals surface area contributed by atoms with Crippen molar-refractivity contribution in [2.45, 2.75) is 6.54 Å². The Kier molecular flexibility index (Phi) is 3.25. The smallest absolute Gasteiger partial charge is 0.325 e. The number of methoxy groups -OCH3 is 1. The van der Waals surface area contributed by atoms with Crippen LogP contribution in [0.5, 0.6) is 0 Å². The third-order valence-corrected chi connectivity index (χ3v) is 1.99. The molecule has 5 heteroatoms. The van der Waals surface area contributed by atoms with Crippen LogP contribution in [0.3, 0.4) is 0 Å². The summed E-state index contributed by atoms with van der Waals surface area (Å²) in [5.41, 5.74) is 0.272. The molecule has 0 aliphatic carbocycles. The number of hydrogen-bond acceptors (Lipinski definition) is 3. The van der Waals surface area contributed by atoms with Gasteiger partial charge in [-0.3, -0.25) is 10.2 Å². The summed E-state index contributed by atoms with van der Waals surface area (Å²) in [6, 6.07) is 3.35. The van der Waals surface area contributed by atoms with Crippen LogP contribution in [0.1, 0.15) is 0 Å². The second kappa shape index (κ2) is 4.23. The van der Waals surface area contributed by atoms with E-state index in [1.54, 1.807) is 18.3 Å². The van der Waals surface area contributed by atoms with Crippen molar-refractivity contribution in [3.63, 3.8) is 0 Å². The lowest BCUT2D eigenvalue weighted by molar-refractivity contribution is -0.141. The summed E-state index contributed by atoms with van der Waals surface area (Å²) in [7, 11) is 1.32. The van der Waals surface area contributed by atoms with Gasteiger partial charge in [-0.15, -0.1) is 0 Å². The van der Waals surface area contributed by atoms with E-state index in [1.807, 2.05) is 0 Å². The van der Waals surface area contributed by atoms with Crippen LogP contribution < -0.4 is 5.49 Å². The van der Waals surface area contributed by atoms with Crippen molar-refractivity contribution in [1.29, 1.82) is 5.41 Å². The van der Waals surface area contributed by atoms with E-state index in [2.05, 4.69) is 20.7 Å². The van der Waals surface area contributed by atoms with E-state index in [-0.39, 0.29) is 18.0 Å². The predicted molar refractivity (Wildman–Crippen MR) is 50.0 cm³/mol. The van der Waals surface area contributed by atoms with Gasteiger partial charge in [0.2, 0.25) is 0 Å². The van der Waals surface area contributed by atoms with Gasteiger partial charge in [0.25, 0.3) is 0 Å². The summed E-state index contributed by atoms with van der Waals surface area (Å²) in [5, 5.41) is 7.47. The second-order valence-electron chi connectivity index (χ2n) is 2.44. The molecular formula is C8H9BrN2O2. The maximum Gasteiger partial charge on any atom is 0.325 e. The summed E-state index contributed by atoms with van der Waals surface area (Å²) in [6.45, 7) is 0.0643. The highest BCUT2D eigenvalue weighted by molar-refractivity contribution is 9.10. The number of nitrogens with zero attached hydrogens (tertiary/aromatic N) is 1. The highest BCUT2D eigenvalue weighted by Gasteiger charge is 2.01. The van der Waals surface area contributed by atoms with Crippen LogP contribution in [0.25, 0.3) is 0 Å². The molecule has 0 aliphatic rings. The van der Waals surface area contributed by atoms with Crippen molar-refractivity contribution in [2.24, 2.45) is 0 Å². The van der Waals surface area contributed by atoms with Gasteiger partial charge in [0.15, 0.2) is 0 Å². The molecule has 0 bridgehead atoms. The summed E-state index contributed by atoms with van der Waals surface area (Å²) in [5.74, 6) is -0.364. The van der Waals surface area contributed by atoms with E-state index in [4.69, 9.17) is 5.41 Å². The SMILES string of the molecule is COC(=O)Cn1cc(Br)ccc1=N. The zero-order valence-electron chi connectivity index (χ0n) is 7.08. The monoisotopic (exact) mass is 244 g/mol. The van der Waals surface area contributed by atoms with E-state index in [0.29, 0.717) is 0 Å². The van der Waals surface area contributed by atoms with Gasteiger partial charge in [-0.25, -0.2) is 0 Å². The minimum Gasteiger partial charge on any atom is -0.468 e. The topological polar surface area (TPSA) is 55.1 Å². The molecule has 1 rings (SSSR count). The second-order valence-corrected chi connectivity index (χ2v) is 3.35. The van der Waals surface area contributed by atoms with Crippen molar-refractivity contribution in [2.75, 3.05) is 7.11 Å². The first-order valence-corrected chi connectivity index (χ1v) is 4.40. The Morgan fingerprint density at radius 2 is 2.38 bits per heavy atom. The Balaban J connectivity index is 2.94. The number of nitrogens with one attached hydrogen (secondary N) is 1. The number of carbonyl (C=O) groups excluding carboxylic acids is 1. The van der Waals surface area contributed by atoms with Gasteiger partial charge in [-0.1, -0.05) is 0 Å². The Labute approximate surface area is 83.8 Å². The highest BCUT2D eigenvalue weighted by atomic mass is 79.9. The van der Waals surface area contributed by atoms with Gasteiger partial charge in [0, 0.05) is 10.7 Å². The normalized spacial score (nSPS) is 9.69. The summed E-state index contributed by atoms with van der Waals surface area (Å²) < 4.78 is 6.81. The molecule has 0 saturated carbocycles. The largest absolute Gasteiger partial charge is 0.468 e. The van der Waals surface area contributed by atoms with Crippen molar-refractivity contribution < 1.29 is 9.53 Å². The molecule has 1 heterocycles. The maximum atomic E-state index is 10.9. The van der Waals surface area contributed by atoms with E-state index in [1.165, 1.54) is 11.7 Å². The van der Waals surface area contributed by atoms with E-state index in [0.717, 1.165) is 4.47 Å². The molecule has 0 unspecified atom stereocenters. The minimum atomic E-state index is -0.364. The van der Waals surface area contributed by atoms with Crippen LogP contribution in [-0.4, -0.2) is 17.6 Å². The van der Waals surface area contributed by atoms with Crippen molar-refractivity contribution >= 4 is 21.9 Å². The van der Waals surface area contributed by atoms with E-state index < -0.39 is 0 Å². The number of ether oxygens (including phenoxy) is 1. The Hall–Kier alpha value is -1.10. The van der Waals surface area contributed by atoms with Crippen LogP contribution in [-0.2, 0) is 16.1 Å². The van der Waals surface area contributed by atoms with Crippen molar-refractivity contribution in [1.82, 2.24) is 4.57 Å². The fourth-order valence-corrected chi connectivity index (χ4v) is 1.23. The van der Waals surface area contributed by atoms with Gasteiger partial charge in [0.1, 0.15) is 12.0 Å². The number of pyridine rings is 1. The summed E-state index contributed by atoms with van der Waals surface area (Å²) in [6.07, 6.45) is 1.67. The molecule has 1 N–H and O–H groups in total. The van der Waals surface area contributed by atoms with E-state index >= 15 is 0 Å². The molecule has 4 nitrogen and oxygen atoms in total. The molecule has 0 saturated heterocycles. The van der Waals surface area contributed by atoms with Crippen LogP contribution in [0.2, 0.25) is 0 Å². The standard InChI is InChI=1S/C8H9BrN2O2/c1-13-8(12)5-11-4-6(9)2-3-7(11)10/h2-4,10H,5H2,1H3. The van der Waals surface area contributed by atoms with E-state index in [9.17, 15) is 4.79 Å². The lowest BCUT2D eigenvalue weighted by Crippen LogP contribution is -2.23. The average molecular weight is 245 g/mol. The van der Waals surface area contributed by atoms with Gasteiger partial charge in [-0.05, 0) is 28.1 Å². The third-order valence-electron chi connectivity index (χ3n) is 1.52. The summed E-state index contributed by atoms with van der Waals surface area (Å²) in [4.78, 5) is 10.9.